The summed E-state index contributed by atoms with van der Waals surface area (Å²) in [4.78, 5) is 14.6. The molecule has 1 aromatic heterocycles. The second kappa shape index (κ2) is 6.91. The number of aromatic nitrogens is 1. The number of hydrazone groups is 1. The molecule has 0 amide bonds. The largest absolute Gasteiger partial charge is 0.476 e. The van der Waals surface area contributed by atoms with Gasteiger partial charge in [-0.25, -0.2) is 14.2 Å². The van der Waals surface area contributed by atoms with E-state index in [1.54, 1.807) is 6.07 Å². The molecule has 22 heavy (non-hydrogen) atoms. The van der Waals surface area contributed by atoms with Crippen LogP contribution in [0.25, 0.3) is 0 Å². The Morgan fingerprint density at radius 2 is 2.05 bits per heavy atom. The van der Waals surface area contributed by atoms with Crippen molar-refractivity contribution in [1.29, 1.82) is 0 Å². The maximum Gasteiger partial charge on any atom is 0.356 e. The molecule has 2 rings (SSSR count). The van der Waals surface area contributed by atoms with Crippen LogP contribution >= 0.6 is 34.8 Å². The van der Waals surface area contributed by atoms with Crippen molar-refractivity contribution in [2.75, 3.05) is 5.43 Å². The molecule has 5 nitrogen and oxygen atoms in total. The van der Waals surface area contributed by atoms with Gasteiger partial charge in [0.15, 0.2) is 10.8 Å². The normalized spacial score (nSPS) is 10.9. The smallest absolute Gasteiger partial charge is 0.356 e. The van der Waals surface area contributed by atoms with E-state index in [0.29, 0.717) is 5.56 Å². The molecule has 0 saturated carbocycles. The zero-order valence-corrected chi connectivity index (χ0v) is 12.9. The van der Waals surface area contributed by atoms with Gasteiger partial charge in [-0.05, 0) is 17.7 Å². The average Bonchev–Trinajstić information content (AvgIpc) is 2.46. The van der Waals surface area contributed by atoms with E-state index in [1.165, 1.54) is 24.4 Å². The maximum atomic E-state index is 13.0. The van der Waals surface area contributed by atoms with Crippen molar-refractivity contribution in [3.8, 4) is 0 Å². The van der Waals surface area contributed by atoms with Crippen LogP contribution in [0.1, 0.15) is 16.1 Å². The molecule has 0 fully saturated rings. The number of anilines is 1. The van der Waals surface area contributed by atoms with Gasteiger partial charge >= 0.3 is 5.97 Å². The van der Waals surface area contributed by atoms with Crippen LogP contribution in [0.4, 0.5) is 10.1 Å². The van der Waals surface area contributed by atoms with Crippen molar-refractivity contribution in [3.05, 3.63) is 56.5 Å². The lowest BCUT2D eigenvalue weighted by Crippen LogP contribution is -2.05. The number of carboxylic acid groups (broad SMARTS) is 1. The molecule has 0 aliphatic heterocycles. The fourth-order valence-corrected chi connectivity index (χ4v) is 2.18. The van der Waals surface area contributed by atoms with Crippen LogP contribution < -0.4 is 5.43 Å². The van der Waals surface area contributed by atoms with Gasteiger partial charge in [-0.15, -0.1) is 0 Å². The minimum absolute atomic E-state index is 0.00612. The number of benzene rings is 1. The van der Waals surface area contributed by atoms with E-state index in [-0.39, 0.29) is 20.9 Å². The fraction of sp³-hybridized carbons (Fsp3) is 0. The average molecular weight is 363 g/mol. The highest BCUT2D eigenvalue weighted by molar-refractivity contribution is 6.46. The van der Waals surface area contributed by atoms with Crippen LogP contribution in [0.15, 0.2) is 29.4 Å². The highest BCUT2D eigenvalue weighted by atomic mass is 35.5. The number of carboxylic acids is 1. The molecule has 0 aliphatic rings. The van der Waals surface area contributed by atoms with Gasteiger partial charge in [0.05, 0.1) is 11.9 Å². The number of nitrogens with zero attached hydrogens (tertiary/aromatic N) is 2. The van der Waals surface area contributed by atoms with Gasteiger partial charge in [0.1, 0.15) is 15.9 Å². The lowest BCUT2D eigenvalue weighted by atomic mass is 10.2. The van der Waals surface area contributed by atoms with Crippen LogP contribution in [0.5, 0.6) is 0 Å². The van der Waals surface area contributed by atoms with Crippen molar-refractivity contribution in [2.24, 2.45) is 5.10 Å². The Bertz CT molecular complexity index is 768. The summed E-state index contributed by atoms with van der Waals surface area (Å²) in [5.74, 6) is -1.78. The van der Waals surface area contributed by atoms with E-state index >= 15 is 0 Å². The number of halogens is 4. The molecule has 0 aliphatic carbocycles. The molecule has 2 N–H and O–H groups in total. The Morgan fingerprint density at radius 3 is 2.68 bits per heavy atom. The van der Waals surface area contributed by atoms with E-state index in [9.17, 15) is 9.18 Å². The number of aromatic carboxylic acids is 1. The second-order valence-electron chi connectivity index (χ2n) is 3.98. The van der Waals surface area contributed by atoms with E-state index in [0.717, 1.165) is 0 Å². The van der Waals surface area contributed by atoms with E-state index < -0.39 is 17.5 Å². The second-order valence-corrected chi connectivity index (χ2v) is 5.10. The van der Waals surface area contributed by atoms with Gasteiger partial charge in [0, 0.05) is 0 Å². The molecule has 1 heterocycles. The predicted molar refractivity (Wildman–Crippen MR) is 83.8 cm³/mol. The summed E-state index contributed by atoms with van der Waals surface area (Å²) < 4.78 is 13.0. The number of rotatable bonds is 4. The zero-order valence-electron chi connectivity index (χ0n) is 10.6. The van der Waals surface area contributed by atoms with Crippen molar-refractivity contribution < 1.29 is 14.3 Å². The molecule has 0 spiro atoms. The minimum Gasteiger partial charge on any atom is -0.476 e. The number of pyridine rings is 1. The first-order valence-corrected chi connectivity index (χ1v) is 6.86. The first-order chi connectivity index (χ1) is 10.4. The Kier molecular flexibility index (Phi) is 5.18. The lowest BCUT2D eigenvalue weighted by molar-refractivity contribution is 0.0691. The summed E-state index contributed by atoms with van der Waals surface area (Å²) in [6.07, 6.45) is 1.31. The highest BCUT2D eigenvalue weighted by Crippen LogP contribution is 2.36. The summed E-state index contributed by atoms with van der Waals surface area (Å²) in [5.41, 5.74) is 2.50. The fourth-order valence-electron chi connectivity index (χ4n) is 1.51. The molecule has 1 aromatic carbocycles. The molecular weight excluding hydrogens is 356 g/mol. The zero-order chi connectivity index (χ0) is 16.3. The number of hydrogen-bond acceptors (Lipinski definition) is 4. The van der Waals surface area contributed by atoms with Crippen LogP contribution in [-0.4, -0.2) is 22.3 Å². The number of nitrogens with one attached hydrogen (secondary N) is 1. The summed E-state index contributed by atoms with van der Waals surface area (Å²) in [5, 5.41) is 12.3. The first kappa shape index (κ1) is 16.5. The Labute approximate surface area is 139 Å². The monoisotopic (exact) mass is 361 g/mol. The van der Waals surface area contributed by atoms with Gasteiger partial charge in [-0.1, -0.05) is 46.9 Å². The summed E-state index contributed by atoms with van der Waals surface area (Å²) >= 11 is 17.6. The van der Waals surface area contributed by atoms with Crippen LogP contribution in [0.2, 0.25) is 15.2 Å². The molecule has 0 unspecified atom stereocenters. The van der Waals surface area contributed by atoms with Crippen LogP contribution in [0, 0.1) is 5.82 Å². The van der Waals surface area contributed by atoms with Crippen LogP contribution in [-0.2, 0) is 0 Å². The quantitative estimate of drug-likeness (QED) is 0.482. The van der Waals surface area contributed by atoms with Gasteiger partial charge in [-0.3, -0.25) is 5.43 Å². The standard InChI is InChI=1S/C13H7Cl3FN3O2/c14-8-10(9(15)12(16)19-11(8)13(21)22)20-18-5-6-2-1-3-7(17)4-6/h1-5H,(H,19,20)(H,21,22). The number of hydrogen-bond donors (Lipinski definition) is 2. The lowest BCUT2D eigenvalue weighted by Gasteiger charge is -2.09. The molecule has 9 heteroatoms. The molecule has 0 bridgehead atoms. The van der Waals surface area contributed by atoms with Gasteiger partial charge in [0.2, 0.25) is 0 Å². The maximum absolute atomic E-state index is 13.0. The Balaban J connectivity index is 2.31. The van der Waals surface area contributed by atoms with Crippen molar-refractivity contribution in [3.63, 3.8) is 0 Å². The van der Waals surface area contributed by atoms with Gasteiger partial charge in [-0.2, -0.15) is 5.10 Å². The molecule has 0 saturated heterocycles. The summed E-state index contributed by atoms with van der Waals surface area (Å²) in [6.45, 7) is 0. The van der Waals surface area contributed by atoms with Crippen molar-refractivity contribution in [1.82, 2.24) is 4.98 Å². The number of carbonyl (C=O) groups is 1. The van der Waals surface area contributed by atoms with Crippen molar-refractivity contribution >= 4 is 52.7 Å². The Hall–Kier alpha value is -1.89. The van der Waals surface area contributed by atoms with E-state index in [1.807, 2.05) is 0 Å². The molecule has 114 valence electrons. The molecule has 0 atom stereocenters. The summed E-state index contributed by atoms with van der Waals surface area (Å²) in [7, 11) is 0. The Morgan fingerprint density at radius 1 is 1.32 bits per heavy atom. The topological polar surface area (TPSA) is 74.6 Å². The third-order valence-corrected chi connectivity index (χ3v) is 3.59. The van der Waals surface area contributed by atoms with E-state index in [2.05, 4.69) is 15.5 Å². The summed E-state index contributed by atoms with van der Waals surface area (Å²) in [6, 6.07) is 5.69. The van der Waals surface area contributed by atoms with Crippen molar-refractivity contribution in [2.45, 2.75) is 0 Å². The molecular formula is C13H7Cl3FN3O2. The molecule has 0 radical (unpaired) electrons. The predicted octanol–water partition coefficient (Wildman–Crippen LogP) is 4.33. The first-order valence-electron chi connectivity index (χ1n) is 5.72. The van der Waals surface area contributed by atoms with E-state index in [4.69, 9.17) is 39.9 Å². The SMILES string of the molecule is O=C(O)c1nc(Cl)c(Cl)c(NN=Cc2cccc(F)c2)c1Cl. The third-order valence-electron chi connectivity index (χ3n) is 2.48. The third kappa shape index (κ3) is 3.65. The van der Waals surface area contributed by atoms with Gasteiger partial charge in [0.25, 0.3) is 0 Å². The molecule has 2 aromatic rings. The van der Waals surface area contributed by atoms with Crippen LogP contribution in [0.3, 0.4) is 0 Å². The highest BCUT2D eigenvalue weighted by Gasteiger charge is 2.20. The minimum atomic E-state index is -1.36. The van der Waals surface area contributed by atoms with Gasteiger partial charge < -0.3 is 5.11 Å².